The topological polar surface area (TPSA) is 135 Å². The van der Waals surface area contributed by atoms with Crippen LogP contribution in [0.2, 0.25) is 0 Å². The number of aliphatic hydroxyl groups is 1. The molecule has 10 heteroatoms. The van der Waals surface area contributed by atoms with Crippen LogP contribution in [0.25, 0.3) is 5.65 Å². The molecule has 3 heterocycles. The predicted octanol–water partition coefficient (Wildman–Crippen LogP) is 1.36. The van der Waals surface area contributed by atoms with E-state index in [-0.39, 0.29) is 24.4 Å². The van der Waals surface area contributed by atoms with Gasteiger partial charge in [0.15, 0.2) is 5.65 Å². The van der Waals surface area contributed by atoms with E-state index in [9.17, 15) is 19.4 Å². The maximum atomic E-state index is 14.2. The van der Waals surface area contributed by atoms with Crippen molar-refractivity contribution in [1.29, 1.82) is 0 Å². The highest BCUT2D eigenvalue weighted by atomic mass is 19.1. The van der Waals surface area contributed by atoms with Crippen molar-refractivity contribution in [2.24, 2.45) is 5.73 Å². The molecule has 5 N–H and O–H groups in total. The second kappa shape index (κ2) is 6.98. The van der Waals surface area contributed by atoms with E-state index >= 15 is 0 Å². The number of carbonyl (C=O) groups is 1. The fourth-order valence-electron chi connectivity index (χ4n) is 3.52. The summed E-state index contributed by atoms with van der Waals surface area (Å²) in [6, 6.07) is 3.97. The third-order valence-corrected chi connectivity index (χ3v) is 5.08. The largest absolute Gasteiger partial charge is 0.483 e. The van der Waals surface area contributed by atoms with E-state index in [1.165, 1.54) is 22.8 Å². The zero-order chi connectivity index (χ0) is 20.8. The Kier molecular flexibility index (Phi) is 4.59. The highest BCUT2D eigenvalue weighted by molar-refractivity contribution is 5.94. The van der Waals surface area contributed by atoms with E-state index < -0.39 is 23.4 Å². The fourth-order valence-corrected chi connectivity index (χ4v) is 3.52. The summed E-state index contributed by atoms with van der Waals surface area (Å²) in [7, 11) is 0. The molecule has 1 aliphatic rings. The zero-order valence-electron chi connectivity index (χ0n) is 15.6. The molecule has 2 aromatic heterocycles. The molecule has 3 aromatic rings. The Hall–Kier alpha value is -3.24. The van der Waals surface area contributed by atoms with E-state index in [4.69, 9.17) is 10.5 Å². The van der Waals surface area contributed by atoms with Crippen LogP contribution in [-0.4, -0.2) is 49.5 Å². The van der Waals surface area contributed by atoms with Gasteiger partial charge in [0.05, 0.1) is 18.8 Å². The lowest BCUT2D eigenvalue weighted by atomic mass is 9.96. The number of halogens is 1. The lowest BCUT2D eigenvalue weighted by molar-refractivity contribution is 0.0351. The summed E-state index contributed by atoms with van der Waals surface area (Å²) in [5.74, 6) is -0.663. The smallest absolute Gasteiger partial charge is 0.341 e. The molecule has 0 radical (unpaired) electrons. The third-order valence-electron chi connectivity index (χ3n) is 5.08. The van der Waals surface area contributed by atoms with Crippen molar-refractivity contribution >= 4 is 17.4 Å². The Morgan fingerprint density at radius 2 is 2.31 bits per heavy atom. The van der Waals surface area contributed by atoms with Crippen molar-refractivity contribution in [2.75, 3.05) is 18.5 Å². The van der Waals surface area contributed by atoms with E-state index in [1.807, 2.05) is 0 Å². The number of nitrogens with zero attached hydrogens (tertiary/aromatic N) is 3. The number of rotatable bonds is 6. The maximum Gasteiger partial charge on any atom is 0.341 e. The molecule has 0 spiro atoms. The van der Waals surface area contributed by atoms with Crippen LogP contribution in [0, 0.1) is 5.82 Å². The van der Waals surface area contributed by atoms with Gasteiger partial charge < -0.3 is 26.0 Å². The lowest BCUT2D eigenvalue weighted by Crippen LogP contribution is -2.46. The molecule has 0 saturated carbocycles. The normalized spacial score (nSPS) is 19.0. The Morgan fingerprint density at radius 1 is 1.52 bits per heavy atom. The lowest BCUT2D eigenvalue weighted by Gasteiger charge is -2.25. The van der Waals surface area contributed by atoms with Gasteiger partial charge in [0.25, 0.3) is 0 Å². The highest BCUT2D eigenvalue weighted by Gasteiger charge is 2.40. The minimum absolute atomic E-state index is 0.0213. The van der Waals surface area contributed by atoms with Crippen LogP contribution >= 0.6 is 0 Å². The Labute approximate surface area is 164 Å². The average Bonchev–Trinajstić information content (AvgIpc) is 3.28. The Bertz CT molecular complexity index is 1100. The van der Waals surface area contributed by atoms with Crippen LogP contribution in [0.3, 0.4) is 0 Å². The van der Waals surface area contributed by atoms with Crippen molar-refractivity contribution in [3.8, 4) is 5.75 Å². The first-order valence-corrected chi connectivity index (χ1v) is 9.02. The van der Waals surface area contributed by atoms with Crippen molar-refractivity contribution in [3.05, 3.63) is 53.1 Å². The monoisotopic (exact) mass is 401 g/mol. The van der Waals surface area contributed by atoms with Gasteiger partial charge in [0, 0.05) is 30.3 Å². The summed E-state index contributed by atoms with van der Waals surface area (Å²) in [4.78, 5) is 15.6. The van der Waals surface area contributed by atoms with Gasteiger partial charge in [-0.15, -0.1) is 0 Å². The first-order valence-electron chi connectivity index (χ1n) is 9.02. The van der Waals surface area contributed by atoms with Gasteiger partial charge in [0.1, 0.15) is 28.5 Å². The molecule has 0 saturated heterocycles. The molecule has 0 aliphatic carbocycles. The number of nitrogens with two attached hydrogens (primary N) is 1. The van der Waals surface area contributed by atoms with E-state index in [2.05, 4.69) is 15.4 Å². The second-order valence-corrected chi connectivity index (χ2v) is 7.12. The zero-order valence-corrected chi connectivity index (χ0v) is 15.6. The van der Waals surface area contributed by atoms with Crippen LogP contribution < -0.4 is 15.8 Å². The molecular formula is C19H20FN5O4. The molecule has 29 heavy (non-hydrogen) atoms. The van der Waals surface area contributed by atoms with Gasteiger partial charge in [-0.3, -0.25) is 0 Å². The number of aromatic nitrogens is 3. The Balaban J connectivity index is 1.67. The van der Waals surface area contributed by atoms with Gasteiger partial charge in [-0.05, 0) is 25.1 Å². The standard InChI is InChI=1S/C19H20FN5O4/c1-10(23-15-2-3-25-17(24-15)14(7-22-25)18(27)28)13-5-12(20)4-11-6-19(8-21,9-26)29-16(11)13/h2-5,7,10,26H,6,8-9,21H2,1H3,(H,23,24)(H,27,28). The molecule has 152 valence electrons. The molecule has 2 unspecified atom stereocenters. The minimum Gasteiger partial charge on any atom is -0.483 e. The van der Waals surface area contributed by atoms with E-state index in [0.29, 0.717) is 29.1 Å². The molecule has 0 fully saturated rings. The molecule has 1 aromatic carbocycles. The molecular weight excluding hydrogens is 381 g/mol. The molecule has 2 atom stereocenters. The summed E-state index contributed by atoms with van der Waals surface area (Å²) < 4.78 is 21.5. The summed E-state index contributed by atoms with van der Waals surface area (Å²) in [6.45, 7) is 1.62. The van der Waals surface area contributed by atoms with Crippen LogP contribution in [-0.2, 0) is 6.42 Å². The number of aromatic carboxylic acids is 1. The van der Waals surface area contributed by atoms with Crippen molar-refractivity contribution in [2.45, 2.75) is 25.0 Å². The number of nitrogens with one attached hydrogen (secondary N) is 1. The number of hydrogen-bond acceptors (Lipinski definition) is 7. The number of hydrogen-bond donors (Lipinski definition) is 4. The van der Waals surface area contributed by atoms with Crippen molar-refractivity contribution < 1.29 is 24.1 Å². The molecule has 0 amide bonds. The first kappa shape index (κ1) is 19.1. The van der Waals surface area contributed by atoms with Crippen LogP contribution in [0.5, 0.6) is 5.75 Å². The van der Waals surface area contributed by atoms with Crippen LogP contribution in [0.4, 0.5) is 10.2 Å². The molecule has 0 bridgehead atoms. The summed E-state index contributed by atoms with van der Waals surface area (Å²) in [5, 5.41) is 26.0. The van der Waals surface area contributed by atoms with Crippen LogP contribution in [0.15, 0.2) is 30.6 Å². The minimum atomic E-state index is -1.13. The number of aliphatic hydroxyl groups excluding tert-OH is 1. The highest BCUT2D eigenvalue weighted by Crippen LogP contribution is 2.41. The van der Waals surface area contributed by atoms with Gasteiger partial charge >= 0.3 is 5.97 Å². The predicted molar refractivity (Wildman–Crippen MR) is 102 cm³/mol. The fraction of sp³-hybridized carbons (Fsp3) is 0.316. The molecule has 9 nitrogen and oxygen atoms in total. The number of carboxylic acids is 1. The molecule has 4 rings (SSSR count). The average molecular weight is 401 g/mol. The maximum absolute atomic E-state index is 14.2. The first-order chi connectivity index (χ1) is 13.9. The van der Waals surface area contributed by atoms with Crippen molar-refractivity contribution in [1.82, 2.24) is 14.6 Å². The van der Waals surface area contributed by atoms with Crippen LogP contribution in [0.1, 0.15) is 34.5 Å². The number of anilines is 1. The van der Waals surface area contributed by atoms with Gasteiger partial charge in [-0.1, -0.05) is 0 Å². The summed E-state index contributed by atoms with van der Waals surface area (Å²) in [5.41, 5.74) is 6.17. The van der Waals surface area contributed by atoms with Gasteiger partial charge in [-0.25, -0.2) is 18.7 Å². The summed E-state index contributed by atoms with van der Waals surface area (Å²) in [6.07, 6.45) is 3.13. The van der Waals surface area contributed by atoms with Gasteiger partial charge in [0.2, 0.25) is 0 Å². The second-order valence-electron chi connectivity index (χ2n) is 7.12. The number of carboxylic acid groups (broad SMARTS) is 1. The quantitative estimate of drug-likeness (QED) is 0.486. The Morgan fingerprint density at radius 3 is 3.00 bits per heavy atom. The third kappa shape index (κ3) is 3.26. The van der Waals surface area contributed by atoms with E-state index in [0.717, 1.165) is 0 Å². The van der Waals surface area contributed by atoms with E-state index in [1.54, 1.807) is 19.2 Å². The molecule has 1 aliphatic heterocycles. The summed E-state index contributed by atoms with van der Waals surface area (Å²) >= 11 is 0. The SMILES string of the molecule is CC(Nc1ccn2ncc(C(=O)O)c2n1)c1cc(F)cc2c1OC(CN)(CO)C2. The number of benzene rings is 1. The van der Waals surface area contributed by atoms with Crippen molar-refractivity contribution in [3.63, 3.8) is 0 Å². The number of ether oxygens (including phenoxy) is 1. The van der Waals surface area contributed by atoms with Gasteiger partial charge in [-0.2, -0.15) is 5.10 Å². The number of fused-ring (bicyclic) bond motifs is 2.